The van der Waals surface area contributed by atoms with Crippen molar-refractivity contribution in [3.8, 4) is 45.5 Å². The molecule has 53 heavy (non-hydrogen) atoms. The Kier molecular flexibility index (Phi) is 7.01. The summed E-state index contributed by atoms with van der Waals surface area (Å²) < 4.78 is 32.9. The zero-order valence-corrected chi connectivity index (χ0v) is 28.5. The Labute approximate surface area is 303 Å². The van der Waals surface area contributed by atoms with Gasteiger partial charge < -0.3 is 9.13 Å². The van der Waals surface area contributed by atoms with E-state index in [-0.39, 0.29) is 0 Å². The van der Waals surface area contributed by atoms with Crippen LogP contribution in [-0.2, 0) is 0 Å². The van der Waals surface area contributed by atoms with E-state index in [4.69, 9.17) is 15.0 Å². The highest BCUT2D eigenvalue weighted by Crippen LogP contribution is 2.40. The number of rotatable bonds is 5. The molecule has 0 bridgehead atoms. The Morgan fingerprint density at radius 1 is 0.396 bits per heavy atom. The van der Waals surface area contributed by atoms with E-state index in [9.17, 15) is 8.78 Å². The molecule has 0 aliphatic heterocycles. The quantitative estimate of drug-likeness (QED) is 0.181. The maximum absolute atomic E-state index is 14.6. The minimum Gasteiger partial charge on any atom is -0.309 e. The van der Waals surface area contributed by atoms with E-state index in [1.807, 2.05) is 89.5 Å². The summed E-state index contributed by atoms with van der Waals surface area (Å²) in [5, 5.41) is 4.18. The third-order valence-electron chi connectivity index (χ3n) is 10.0. The number of aryl methyl sites for hydroxylation is 1. The molecule has 3 aromatic heterocycles. The third-order valence-corrected chi connectivity index (χ3v) is 10.0. The van der Waals surface area contributed by atoms with Crippen molar-refractivity contribution in [2.75, 3.05) is 0 Å². The van der Waals surface area contributed by atoms with Gasteiger partial charge in [0.2, 0.25) is 0 Å². The molecular formula is C46H29F2N5. The van der Waals surface area contributed by atoms with Gasteiger partial charge in [-0.1, -0.05) is 97.1 Å². The van der Waals surface area contributed by atoms with Crippen LogP contribution in [0.1, 0.15) is 5.56 Å². The topological polar surface area (TPSA) is 48.5 Å². The smallest absolute Gasteiger partial charge is 0.164 e. The lowest BCUT2D eigenvalue weighted by Gasteiger charge is -2.13. The zero-order valence-electron chi connectivity index (χ0n) is 28.5. The fourth-order valence-corrected chi connectivity index (χ4v) is 7.58. The molecule has 0 N–H and O–H groups in total. The van der Waals surface area contributed by atoms with Crippen molar-refractivity contribution < 1.29 is 8.78 Å². The summed E-state index contributed by atoms with van der Waals surface area (Å²) in [5.74, 6) is 0.0919. The maximum atomic E-state index is 14.6. The van der Waals surface area contributed by atoms with Crippen molar-refractivity contribution in [1.82, 2.24) is 24.1 Å². The first-order valence-corrected chi connectivity index (χ1v) is 17.4. The molecule has 252 valence electrons. The molecule has 0 radical (unpaired) electrons. The highest BCUT2D eigenvalue weighted by molar-refractivity contribution is 6.19. The first kappa shape index (κ1) is 30.8. The van der Waals surface area contributed by atoms with Crippen molar-refractivity contribution in [1.29, 1.82) is 0 Å². The minimum atomic E-state index is -0.880. The van der Waals surface area contributed by atoms with Gasteiger partial charge in [-0.15, -0.1) is 0 Å². The SMILES string of the molecule is Cc1cc(-n2c3ccccc3c3cc4c(cc32)c2ccccc2n4-c2ccc(F)c(F)c2)ccc1-c1nc(-c2ccccc2)nc(-c2ccccc2)n1. The number of benzene rings is 7. The fraction of sp³-hybridized carbons (Fsp3) is 0.0217. The van der Waals surface area contributed by atoms with E-state index < -0.39 is 11.6 Å². The molecule has 0 amide bonds. The van der Waals surface area contributed by atoms with Gasteiger partial charge >= 0.3 is 0 Å². The number of hydrogen-bond acceptors (Lipinski definition) is 3. The largest absolute Gasteiger partial charge is 0.309 e. The molecule has 10 aromatic rings. The molecule has 0 atom stereocenters. The summed E-state index contributed by atoms with van der Waals surface area (Å²) in [5.41, 5.74) is 9.28. The molecule has 10 rings (SSSR count). The molecule has 5 nitrogen and oxygen atoms in total. The Bertz CT molecular complexity index is 2980. The summed E-state index contributed by atoms with van der Waals surface area (Å²) in [6.45, 7) is 2.09. The van der Waals surface area contributed by atoms with Crippen molar-refractivity contribution in [3.05, 3.63) is 175 Å². The normalized spacial score (nSPS) is 11.7. The number of nitrogens with zero attached hydrogens (tertiary/aromatic N) is 5. The first-order chi connectivity index (χ1) is 26.0. The van der Waals surface area contributed by atoms with Crippen molar-refractivity contribution in [2.24, 2.45) is 0 Å². The second-order valence-electron chi connectivity index (χ2n) is 13.2. The van der Waals surface area contributed by atoms with Crippen LogP contribution < -0.4 is 0 Å². The molecule has 0 fully saturated rings. The molecule has 0 aliphatic rings. The van der Waals surface area contributed by atoms with Crippen LogP contribution in [0.25, 0.3) is 89.2 Å². The molecule has 0 saturated carbocycles. The number of halogens is 2. The van der Waals surface area contributed by atoms with E-state index in [0.717, 1.165) is 71.6 Å². The second kappa shape index (κ2) is 12.1. The van der Waals surface area contributed by atoms with Crippen LogP contribution >= 0.6 is 0 Å². The third kappa shape index (κ3) is 5.00. The van der Waals surface area contributed by atoms with Crippen LogP contribution in [-0.4, -0.2) is 24.1 Å². The van der Waals surface area contributed by atoms with Crippen LogP contribution in [0, 0.1) is 18.6 Å². The van der Waals surface area contributed by atoms with Crippen LogP contribution in [0.2, 0.25) is 0 Å². The number of para-hydroxylation sites is 2. The van der Waals surface area contributed by atoms with Crippen molar-refractivity contribution >= 4 is 43.6 Å². The van der Waals surface area contributed by atoms with Crippen LogP contribution in [0.3, 0.4) is 0 Å². The fourth-order valence-electron chi connectivity index (χ4n) is 7.58. The van der Waals surface area contributed by atoms with Gasteiger partial charge in [0.15, 0.2) is 29.1 Å². The summed E-state index contributed by atoms with van der Waals surface area (Å²) >= 11 is 0. The van der Waals surface area contributed by atoms with Gasteiger partial charge in [0.1, 0.15) is 0 Å². The van der Waals surface area contributed by atoms with Crippen LogP contribution in [0.5, 0.6) is 0 Å². The van der Waals surface area contributed by atoms with E-state index in [2.05, 4.69) is 66.1 Å². The molecule has 0 spiro atoms. The molecule has 3 heterocycles. The zero-order chi connectivity index (χ0) is 35.6. The average molecular weight is 690 g/mol. The number of hydrogen-bond donors (Lipinski definition) is 0. The molecule has 0 saturated heterocycles. The number of aromatic nitrogens is 5. The predicted molar refractivity (Wildman–Crippen MR) is 209 cm³/mol. The lowest BCUT2D eigenvalue weighted by Crippen LogP contribution is -2.02. The predicted octanol–water partition coefficient (Wildman–Crippen LogP) is 11.7. The highest BCUT2D eigenvalue weighted by atomic mass is 19.2. The lowest BCUT2D eigenvalue weighted by molar-refractivity contribution is 0.508. The maximum Gasteiger partial charge on any atom is 0.164 e. The molecule has 0 unspecified atom stereocenters. The molecule has 7 aromatic carbocycles. The van der Waals surface area contributed by atoms with E-state index in [1.54, 1.807) is 6.07 Å². The molecular weight excluding hydrogens is 661 g/mol. The van der Waals surface area contributed by atoms with Gasteiger partial charge in [-0.3, -0.25) is 0 Å². The first-order valence-electron chi connectivity index (χ1n) is 17.4. The lowest BCUT2D eigenvalue weighted by atomic mass is 10.1. The van der Waals surface area contributed by atoms with Gasteiger partial charge in [0.05, 0.1) is 22.1 Å². The minimum absolute atomic E-state index is 0.563. The van der Waals surface area contributed by atoms with Gasteiger partial charge in [-0.2, -0.15) is 0 Å². The standard InChI is InChI=1S/C46H29F2N5/c1-28-24-31(20-22-33(28)46-50-44(29-12-4-2-5-13-29)49-45(51-46)30-14-6-3-7-15-30)52-40-18-10-8-16-34(40)36-27-43-37(26-42(36)52)35-17-9-11-19-41(35)53(43)32-21-23-38(47)39(48)25-32/h2-27H,1H3. The van der Waals surface area contributed by atoms with Crippen LogP contribution in [0.4, 0.5) is 8.78 Å². The van der Waals surface area contributed by atoms with E-state index in [0.29, 0.717) is 23.2 Å². The summed E-state index contributed by atoms with van der Waals surface area (Å²) in [7, 11) is 0. The Balaban J connectivity index is 1.18. The van der Waals surface area contributed by atoms with Crippen molar-refractivity contribution in [2.45, 2.75) is 6.92 Å². The average Bonchev–Trinajstić information content (AvgIpc) is 3.70. The summed E-state index contributed by atoms with van der Waals surface area (Å²) in [4.78, 5) is 14.8. The van der Waals surface area contributed by atoms with Gasteiger partial charge in [-0.25, -0.2) is 23.7 Å². The van der Waals surface area contributed by atoms with Crippen LogP contribution in [0.15, 0.2) is 158 Å². The van der Waals surface area contributed by atoms with E-state index in [1.165, 1.54) is 12.1 Å². The van der Waals surface area contributed by atoms with Gasteiger partial charge in [-0.05, 0) is 67.1 Å². The van der Waals surface area contributed by atoms with Crippen molar-refractivity contribution in [3.63, 3.8) is 0 Å². The van der Waals surface area contributed by atoms with E-state index >= 15 is 0 Å². The molecule has 7 heteroatoms. The van der Waals surface area contributed by atoms with Gasteiger partial charge in [0.25, 0.3) is 0 Å². The Morgan fingerprint density at radius 2 is 0.868 bits per heavy atom. The monoisotopic (exact) mass is 689 g/mol. The highest BCUT2D eigenvalue weighted by Gasteiger charge is 2.20. The summed E-state index contributed by atoms with van der Waals surface area (Å²) in [6, 6.07) is 51.3. The number of fused-ring (bicyclic) bond motifs is 6. The molecule has 0 aliphatic carbocycles. The summed E-state index contributed by atoms with van der Waals surface area (Å²) in [6.07, 6.45) is 0. The second-order valence-corrected chi connectivity index (χ2v) is 13.2. The van der Waals surface area contributed by atoms with Gasteiger partial charge in [0, 0.05) is 55.7 Å². The Morgan fingerprint density at radius 3 is 1.40 bits per heavy atom. The Hall–Kier alpha value is -6.99.